The van der Waals surface area contributed by atoms with E-state index in [2.05, 4.69) is 11.0 Å². The number of nitrogens with two attached hydrogens (primary N) is 1. The lowest BCUT2D eigenvalue weighted by Crippen LogP contribution is -2.45. The lowest BCUT2D eigenvalue weighted by atomic mass is 9.98. The van der Waals surface area contributed by atoms with E-state index >= 15 is 0 Å². The molecule has 1 aliphatic heterocycles. The van der Waals surface area contributed by atoms with Crippen LogP contribution >= 0.6 is 11.3 Å². The van der Waals surface area contributed by atoms with Crippen LogP contribution in [0.15, 0.2) is 29.1 Å². The van der Waals surface area contributed by atoms with Crippen molar-refractivity contribution in [2.75, 3.05) is 18.0 Å². The normalized spacial score (nSPS) is 18.9. The minimum absolute atomic E-state index is 0.00119. The molecule has 0 bridgehead atoms. The molecule has 30 heavy (non-hydrogen) atoms. The Morgan fingerprint density at radius 2 is 2.07 bits per heavy atom. The number of hydrogen-bond acceptors (Lipinski definition) is 6. The Hall–Kier alpha value is -2.69. The van der Waals surface area contributed by atoms with Crippen molar-refractivity contribution in [2.24, 2.45) is 5.73 Å². The van der Waals surface area contributed by atoms with Gasteiger partial charge in [0.15, 0.2) is 0 Å². The zero-order chi connectivity index (χ0) is 20.7. The highest BCUT2D eigenvalue weighted by molar-refractivity contribution is 7.19. The van der Waals surface area contributed by atoms with Crippen LogP contribution in [0.3, 0.4) is 0 Å². The number of rotatable bonds is 3. The minimum atomic E-state index is 0.00119. The molecule has 1 saturated heterocycles. The van der Waals surface area contributed by atoms with E-state index in [0.717, 1.165) is 54.4 Å². The van der Waals surface area contributed by atoms with Gasteiger partial charge in [-0.1, -0.05) is 18.2 Å². The van der Waals surface area contributed by atoms with E-state index in [1.54, 1.807) is 22.0 Å². The molecule has 0 spiro atoms. The number of aryl methyl sites for hydroxylation is 2. The molecule has 2 aliphatic rings. The predicted molar refractivity (Wildman–Crippen MR) is 120 cm³/mol. The third-order valence-corrected chi connectivity index (χ3v) is 7.51. The summed E-state index contributed by atoms with van der Waals surface area (Å²) in [6.45, 7) is 1.89. The molecule has 154 valence electrons. The summed E-state index contributed by atoms with van der Waals surface area (Å²) in [6.07, 6.45) is 6.36. The van der Waals surface area contributed by atoms with Gasteiger partial charge in [0, 0.05) is 24.0 Å². The van der Waals surface area contributed by atoms with E-state index in [0.29, 0.717) is 24.6 Å². The number of piperidine rings is 1. The Bertz CT molecular complexity index is 1200. The minimum Gasteiger partial charge on any atom is -0.341 e. The van der Waals surface area contributed by atoms with Crippen molar-refractivity contribution < 1.29 is 0 Å². The largest absolute Gasteiger partial charge is 0.341 e. The molecule has 7 heteroatoms. The van der Waals surface area contributed by atoms with Crippen LogP contribution in [0.5, 0.6) is 0 Å². The first-order valence-corrected chi connectivity index (χ1v) is 11.5. The lowest BCUT2D eigenvalue weighted by Gasteiger charge is -2.33. The molecule has 6 nitrogen and oxygen atoms in total. The molecule has 5 rings (SSSR count). The number of thiophene rings is 1. The number of nitrogens with zero attached hydrogens (tertiary/aromatic N) is 4. The average Bonchev–Trinajstić information content (AvgIpc) is 3.15. The maximum atomic E-state index is 13.7. The number of anilines is 1. The molecular weight excluding hydrogens is 394 g/mol. The van der Waals surface area contributed by atoms with E-state index in [4.69, 9.17) is 10.7 Å². The second-order valence-corrected chi connectivity index (χ2v) is 9.41. The van der Waals surface area contributed by atoms with E-state index in [1.807, 2.05) is 18.2 Å². The van der Waals surface area contributed by atoms with Gasteiger partial charge in [-0.2, -0.15) is 5.26 Å². The Kier molecular flexibility index (Phi) is 5.05. The molecule has 3 aromatic rings. The van der Waals surface area contributed by atoms with Gasteiger partial charge in [0.25, 0.3) is 5.56 Å². The predicted octanol–water partition coefficient (Wildman–Crippen LogP) is 3.18. The van der Waals surface area contributed by atoms with Gasteiger partial charge in [0.05, 0.1) is 23.7 Å². The maximum absolute atomic E-state index is 13.7. The highest BCUT2D eigenvalue weighted by atomic mass is 32.1. The van der Waals surface area contributed by atoms with Gasteiger partial charge < -0.3 is 10.6 Å². The SMILES string of the molecule is N#Cc1ccccc1Cn1c(N2CCC[C@H](N)C2)nc2c3c(sc2c1=O)CCCC3. The van der Waals surface area contributed by atoms with E-state index in [9.17, 15) is 10.1 Å². The molecule has 0 amide bonds. The van der Waals surface area contributed by atoms with Gasteiger partial charge in [-0.3, -0.25) is 9.36 Å². The Labute approximate surface area is 179 Å². The first-order valence-electron chi connectivity index (χ1n) is 10.7. The van der Waals surface area contributed by atoms with Crippen molar-refractivity contribution >= 4 is 27.5 Å². The maximum Gasteiger partial charge on any atom is 0.273 e. The molecule has 0 radical (unpaired) electrons. The summed E-state index contributed by atoms with van der Waals surface area (Å²) in [5.41, 5.74) is 9.85. The second kappa shape index (κ2) is 7.86. The summed E-state index contributed by atoms with van der Waals surface area (Å²) in [5, 5.41) is 9.52. The van der Waals surface area contributed by atoms with E-state index in [1.165, 1.54) is 16.9 Å². The Balaban J connectivity index is 1.70. The van der Waals surface area contributed by atoms with Crippen LogP contribution in [0.4, 0.5) is 5.95 Å². The van der Waals surface area contributed by atoms with Crippen LogP contribution in [0.25, 0.3) is 10.2 Å². The van der Waals surface area contributed by atoms with Crippen LogP contribution < -0.4 is 16.2 Å². The molecule has 1 fully saturated rings. The van der Waals surface area contributed by atoms with E-state index in [-0.39, 0.29) is 11.6 Å². The summed E-state index contributed by atoms with van der Waals surface area (Å²) in [5.74, 6) is 0.696. The van der Waals surface area contributed by atoms with Crippen molar-refractivity contribution in [3.8, 4) is 6.07 Å². The molecule has 1 aromatic carbocycles. The fraction of sp³-hybridized carbons (Fsp3) is 0.435. The Morgan fingerprint density at radius 1 is 1.23 bits per heavy atom. The van der Waals surface area contributed by atoms with Gasteiger partial charge in [-0.25, -0.2) is 4.98 Å². The third kappa shape index (κ3) is 3.30. The van der Waals surface area contributed by atoms with Crippen LogP contribution in [0.2, 0.25) is 0 Å². The van der Waals surface area contributed by atoms with Crippen molar-refractivity contribution in [1.82, 2.24) is 9.55 Å². The fourth-order valence-corrected chi connectivity index (χ4v) is 5.98. The van der Waals surface area contributed by atoms with Crippen molar-refractivity contribution in [2.45, 2.75) is 51.1 Å². The smallest absolute Gasteiger partial charge is 0.273 e. The van der Waals surface area contributed by atoms with Gasteiger partial charge in [0.1, 0.15) is 4.70 Å². The number of nitriles is 1. The molecule has 2 aromatic heterocycles. The fourth-order valence-electron chi connectivity index (χ4n) is 4.70. The summed E-state index contributed by atoms with van der Waals surface area (Å²) in [7, 11) is 0. The van der Waals surface area contributed by atoms with Crippen molar-refractivity contribution in [1.29, 1.82) is 5.26 Å². The lowest BCUT2D eigenvalue weighted by molar-refractivity contribution is 0.492. The van der Waals surface area contributed by atoms with Crippen LogP contribution in [-0.4, -0.2) is 28.7 Å². The molecule has 3 heterocycles. The molecule has 0 saturated carbocycles. The molecular formula is C23H25N5OS. The van der Waals surface area contributed by atoms with E-state index < -0.39 is 0 Å². The topological polar surface area (TPSA) is 87.9 Å². The quantitative estimate of drug-likeness (QED) is 0.704. The van der Waals surface area contributed by atoms with Gasteiger partial charge >= 0.3 is 0 Å². The number of benzene rings is 1. The summed E-state index contributed by atoms with van der Waals surface area (Å²) in [6, 6.07) is 9.81. The van der Waals surface area contributed by atoms with Gasteiger partial charge in [-0.05, 0) is 55.7 Å². The monoisotopic (exact) mass is 419 g/mol. The standard InChI is InChI=1S/C23H25N5OS/c24-12-15-6-1-2-7-16(15)13-28-22(29)21-20(18-9-3-4-10-19(18)30-21)26-23(28)27-11-5-8-17(25)14-27/h1-2,6-7,17H,3-5,8-11,13-14,25H2/t17-/m0/s1. The van der Waals surface area contributed by atoms with Crippen molar-refractivity contribution in [3.05, 3.63) is 56.2 Å². The van der Waals surface area contributed by atoms with Crippen LogP contribution in [0, 0.1) is 11.3 Å². The summed E-state index contributed by atoms with van der Waals surface area (Å²) in [4.78, 5) is 22.2. The molecule has 1 atom stereocenters. The highest BCUT2D eigenvalue weighted by Crippen LogP contribution is 2.35. The Morgan fingerprint density at radius 3 is 2.90 bits per heavy atom. The number of hydrogen-bond donors (Lipinski definition) is 1. The first-order chi connectivity index (χ1) is 14.7. The average molecular weight is 420 g/mol. The summed E-state index contributed by atoms with van der Waals surface area (Å²) >= 11 is 1.61. The zero-order valence-electron chi connectivity index (χ0n) is 16.9. The molecule has 2 N–H and O–H groups in total. The number of aromatic nitrogens is 2. The second-order valence-electron chi connectivity index (χ2n) is 8.31. The molecule has 1 aliphatic carbocycles. The summed E-state index contributed by atoms with van der Waals surface area (Å²) < 4.78 is 2.51. The van der Waals surface area contributed by atoms with Gasteiger partial charge in [0.2, 0.25) is 5.95 Å². The zero-order valence-corrected chi connectivity index (χ0v) is 17.7. The van der Waals surface area contributed by atoms with Crippen LogP contribution in [-0.2, 0) is 19.4 Å². The highest BCUT2D eigenvalue weighted by Gasteiger charge is 2.26. The van der Waals surface area contributed by atoms with Gasteiger partial charge in [-0.15, -0.1) is 11.3 Å². The third-order valence-electron chi connectivity index (χ3n) is 6.24. The number of fused-ring (bicyclic) bond motifs is 3. The molecule has 0 unspecified atom stereocenters. The van der Waals surface area contributed by atoms with Crippen LogP contribution in [0.1, 0.15) is 47.3 Å². The van der Waals surface area contributed by atoms with Crippen molar-refractivity contribution in [3.63, 3.8) is 0 Å². The first kappa shape index (κ1) is 19.3.